The smallest absolute Gasteiger partial charge is 0.222 e. The second kappa shape index (κ2) is 9.17. The highest BCUT2D eigenvalue weighted by molar-refractivity contribution is 5.76. The quantitative estimate of drug-likeness (QED) is 0.584. The highest BCUT2D eigenvalue weighted by Crippen LogP contribution is 2.23. The van der Waals surface area contributed by atoms with E-state index in [9.17, 15) is 9.18 Å². The zero-order valence-electron chi connectivity index (χ0n) is 16.0. The van der Waals surface area contributed by atoms with Gasteiger partial charge >= 0.3 is 0 Å². The van der Waals surface area contributed by atoms with Crippen LogP contribution < -0.4 is 4.74 Å². The number of para-hydroxylation sites is 1. The van der Waals surface area contributed by atoms with Crippen LogP contribution in [0.2, 0.25) is 0 Å². The van der Waals surface area contributed by atoms with Gasteiger partial charge in [-0.1, -0.05) is 30.3 Å². The summed E-state index contributed by atoms with van der Waals surface area (Å²) in [7, 11) is 1.74. The monoisotopic (exact) mass is 382 g/mol. The van der Waals surface area contributed by atoms with Crippen LogP contribution in [0.25, 0.3) is 11.3 Å². The summed E-state index contributed by atoms with van der Waals surface area (Å²) in [5, 5.41) is 0. The second-order valence-electron chi connectivity index (χ2n) is 6.53. The molecule has 1 heterocycles. The Balaban J connectivity index is 1.46. The lowest BCUT2D eigenvalue weighted by Crippen LogP contribution is -2.31. The molecule has 0 atom stereocenters. The lowest BCUT2D eigenvalue weighted by Gasteiger charge is -2.17. The summed E-state index contributed by atoms with van der Waals surface area (Å²) in [6.07, 6.45) is 2.10. The Morgan fingerprint density at radius 1 is 1.18 bits per heavy atom. The molecule has 0 N–H and O–H groups in total. The predicted octanol–water partition coefficient (Wildman–Crippen LogP) is 4.26. The van der Waals surface area contributed by atoms with Gasteiger partial charge in [-0.15, -0.1) is 0 Å². The van der Waals surface area contributed by atoms with Crippen LogP contribution in [0.1, 0.15) is 17.9 Å². The van der Waals surface area contributed by atoms with Gasteiger partial charge in [-0.3, -0.25) is 4.79 Å². The maximum atomic E-state index is 13.8. The summed E-state index contributed by atoms with van der Waals surface area (Å²) < 4.78 is 25.1. The zero-order chi connectivity index (χ0) is 19.9. The average Bonchev–Trinajstić information content (AvgIpc) is 3.16. The number of hydrogen-bond donors (Lipinski definition) is 0. The summed E-state index contributed by atoms with van der Waals surface area (Å²) in [6, 6.07) is 14.1. The Hall–Kier alpha value is -3.15. The van der Waals surface area contributed by atoms with E-state index in [0.29, 0.717) is 36.8 Å². The minimum Gasteiger partial charge on any atom is -0.491 e. The first-order valence-electron chi connectivity index (χ1n) is 9.16. The van der Waals surface area contributed by atoms with Crippen LogP contribution in [0.15, 0.2) is 59.1 Å². The van der Waals surface area contributed by atoms with Gasteiger partial charge in [0.15, 0.2) is 11.7 Å². The summed E-state index contributed by atoms with van der Waals surface area (Å²) in [6.45, 7) is 2.89. The van der Waals surface area contributed by atoms with Crippen molar-refractivity contribution in [3.8, 4) is 17.1 Å². The fraction of sp³-hybridized carbons (Fsp3) is 0.273. The number of amides is 1. The van der Waals surface area contributed by atoms with E-state index in [1.807, 2.05) is 31.2 Å². The molecule has 3 aromatic rings. The maximum absolute atomic E-state index is 13.8. The predicted molar refractivity (Wildman–Crippen MR) is 105 cm³/mol. The minimum absolute atomic E-state index is 0.0287. The van der Waals surface area contributed by atoms with Crippen molar-refractivity contribution in [1.29, 1.82) is 0 Å². The van der Waals surface area contributed by atoms with Crippen LogP contribution in [0.4, 0.5) is 4.39 Å². The Kier molecular flexibility index (Phi) is 6.42. The fourth-order valence-corrected chi connectivity index (χ4v) is 2.75. The molecule has 0 saturated carbocycles. The molecule has 0 unspecified atom stereocenters. The van der Waals surface area contributed by atoms with Gasteiger partial charge in [-0.25, -0.2) is 9.37 Å². The Bertz CT molecular complexity index is 939. The first-order chi connectivity index (χ1) is 13.5. The molecule has 0 aliphatic carbocycles. The van der Waals surface area contributed by atoms with Crippen molar-refractivity contribution in [2.45, 2.75) is 19.8 Å². The number of carbonyl (C=O) groups is 1. The van der Waals surface area contributed by atoms with Crippen molar-refractivity contribution >= 4 is 5.91 Å². The molecule has 146 valence electrons. The third-order valence-corrected chi connectivity index (χ3v) is 4.45. The van der Waals surface area contributed by atoms with Crippen molar-refractivity contribution in [2.75, 3.05) is 20.2 Å². The molecule has 0 aliphatic heterocycles. The van der Waals surface area contributed by atoms with Gasteiger partial charge in [0, 0.05) is 19.9 Å². The van der Waals surface area contributed by atoms with Crippen molar-refractivity contribution in [3.63, 3.8) is 0 Å². The summed E-state index contributed by atoms with van der Waals surface area (Å²) >= 11 is 0. The number of likely N-dealkylation sites (N-methyl/N-ethyl adjacent to an activating group) is 1. The summed E-state index contributed by atoms with van der Waals surface area (Å²) in [5.41, 5.74) is 1.42. The standard InChI is InChI=1S/C22H23FN2O3/c1-16-7-3-6-10-19(16)27-14-13-25(2)22(26)12-11-21-24-15-20(28-21)17-8-4-5-9-18(17)23/h3-10,15H,11-14H2,1-2H3. The van der Waals surface area contributed by atoms with Crippen LogP contribution in [0.3, 0.4) is 0 Å². The van der Waals surface area contributed by atoms with Crippen molar-refractivity contribution in [2.24, 2.45) is 0 Å². The molecule has 0 bridgehead atoms. The van der Waals surface area contributed by atoms with Gasteiger partial charge in [-0.2, -0.15) is 0 Å². The molecule has 28 heavy (non-hydrogen) atoms. The van der Waals surface area contributed by atoms with Gasteiger partial charge in [0.1, 0.15) is 18.2 Å². The number of hydrogen-bond acceptors (Lipinski definition) is 4. The van der Waals surface area contributed by atoms with E-state index in [1.165, 1.54) is 12.3 Å². The highest BCUT2D eigenvalue weighted by Gasteiger charge is 2.14. The summed E-state index contributed by atoms with van der Waals surface area (Å²) in [4.78, 5) is 18.1. The molecule has 1 amide bonds. The first kappa shape index (κ1) is 19.6. The number of ether oxygens (including phenoxy) is 1. The van der Waals surface area contributed by atoms with Gasteiger partial charge in [0.2, 0.25) is 5.91 Å². The summed E-state index contributed by atoms with van der Waals surface area (Å²) in [5.74, 6) is 1.20. The number of benzene rings is 2. The van der Waals surface area contributed by atoms with E-state index in [0.717, 1.165) is 11.3 Å². The normalized spacial score (nSPS) is 10.7. The second-order valence-corrected chi connectivity index (χ2v) is 6.53. The van der Waals surface area contributed by atoms with E-state index in [4.69, 9.17) is 9.15 Å². The number of aryl methyl sites for hydroxylation is 2. The molecule has 1 aromatic heterocycles. The van der Waals surface area contributed by atoms with Crippen LogP contribution in [-0.2, 0) is 11.2 Å². The minimum atomic E-state index is -0.366. The molecule has 6 heteroatoms. The molecule has 3 rings (SSSR count). The highest BCUT2D eigenvalue weighted by atomic mass is 19.1. The Morgan fingerprint density at radius 2 is 1.93 bits per heavy atom. The number of nitrogens with zero attached hydrogens (tertiary/aromatic N) is 2. The molecule has 5 nitrogen and oxygen atoms in total. The van der Waals surface area contributed by atoms with Crippen LogP contribution >= 0.6 is 0 Å². The molecule has 0 radical (unpaired) electrons. The van der Waals surface area contributed by atoms with Crippen molar-refractivity contribution < 1.29 is 18.3 Å². The van der Waals surface area contributed by atoms with Gasteiger partial charge in [0.25, 0.3) is 0 Å². The molecular weight excluding hydrogens is 359 g/mol. The largest absolute Gasteiger partial charge is 0.491 e. The van der Waals surface area contributed by atoms with Gasteiger partial charge in [-0.05, 0) is 30.7 Å². The molecule has 0 saturated heterocycles. The van der Waals surface area contributed by atoms with Gasteiger partial charge < -0.3 is 14.1 Å². The van der Waals surface area contributed by atoms with Crippen LogP contribution in [-0.4, -0.2) is 36.0 Å². The molecule has 0 spiro atoms. The average molecular weight is 382 g/mol. The molecule has 0 aliphatic rings. The number of rotatable bonds is 8. The van der Waals surface area contributed by atoms with E-state index in [2.05, 4.69) is 4.98 Å². The Morgan fingerprint density at radius 3 is 2.71 bits per heavy atom. The van der Waals surface area contributed by atoms with E-state index < -0.39 is 0 Å². The van der Waals surface area contributed by atoms with Gasteiger partial charge in [0.05, 0.1) is 18.3 Å². The first-order valence-corrected chi connectivity index (χ1v) is 9.16. The van der Waals surface area contributed by atoms with Crippen LogP contribution in [0, 0.1) is 12.7 Å². The topological polar surface area (TPSA) is 55.6 Å². The van der Waals surface area contributed by atoms with Crippen molar-refractivity contribution in [3.05, 3.63) is 72.0 Å². The van der Waals surface area contributed by atoms with Crippen molar-refractivity contribution in [1.82, 2.24) is 9.88 Å². The third kappa shape index (κ3) is 4.97. The fourth-order valence-electron chi connectivity index (χ4n) is 2.75. The zero-order valence-corrected chi connectivity index (χ0v) is 16.0. The number of aromatic nitrogens is 1. The number of carbonyl (C=O) groups excluding carboxylic acids is 1. The third-order valence-electron chi connectivity index (χ3n) is 4.45. The number of oxazole rings is 1. The SMILES string of the molecule is Cc1ccccc1OCCN(C)C(=O)CCc1ncc(-c2ccccc2F)o1. The maximum Gasteiger partial charge on any atom is 0.222 e. The molecule has 0 fully saturated rings. The lowest BCUT2D eigenvalue weighted by molar-refractivity contribution is -0.130. The van der Waals surface area contributed by atoms with E-state index in [-0.39, 0.29) is 18.1 Å². The molecule has 2 aromatic carbocycles. The van der Waals surface area contributed by atoms with E-state index >= 15 is 0 Å². The number of halogens is 1. The lowest BCUT2D eigenvalue weighted by atomic mass is 10.2. The molecular formula is C22H23FN2O3. The van der Waals surface area contributed by atoms with E-state index in [1.54, 1.807) is 30.1 Å². The van der Waals surface area contributed by atoms with Crippen LogP contribution in [0.5, 0.6) is 5.75 Å². The Labute approximate surface area is 163 Å².